The molecular weight excluding hydrogens is 345 g/mol. The summed E-state index contributed by atoms with van der Waals surface area (Å²) in [5.41, 5.74) is 0. The number of nitrogens with one attached hydrogen (secondary N) is 2. The lowest BCUT2D eigenvalue weighted by molar-refractivity contribution is 0.118. The van der Waals surface area contributed by atoms with E-state index in [1.807, 2.05) is 0 Å². The van der Waals surface area contributed by atoms with E-state index in [2.05, 4.69) is 14.9 Å². The van der Waals surface area contributed by atoms with Crippen molar-refractivity contribution in [3.05, 3.63) is 0 Å². The van der Waals surface area contributed by atoms with Crippen LogP contribution < -0.4 is 10.0 Å². The maximum Gasteiger partial charge on any atom is 0.211 e. The second-order valence-corrected chi connectivity index (χ2v) is 8.21. The first-order valence-corrected chi connectivity index (χ1v) is 9.60. The summed E-state index contributed by atoms with van der Waals surface area (Å²) in [6.45, 7) is 5.57. The third-order valence-electron chi connectivity index (χ3n) is 4.79. The Kier molecular flexibility index (Phi) is 11.3. The van der Waals surface area contributed by atoms with Crippen LogP contribution in [0.15, 0.2) is 0 Å². The topological polar surface area (TPSA) is 61.4 Å². The van der Waals surface area contributed by atoms with Crippen LogP contribution in [0, 0.1) is 11.8 Å². The van der Waals surface area contributed by atoms with Crippen LogP contribution >= 0.6 is 24.8 Å². The van der Waals surface area contributed by atoms with E-state index < -0.39 is 10.0 Å². The van der Waals surface area contributed by atoms with Crippen molar-refractivity contribution in [2.45, 2.75) is 32.1 Å². The molecule has 2 N–H and O–H groups in total. The van der Waals surface area contributed by atoms with Crippen molar-refractivity contribution in [1.29, 1.82) is 0 Å². The number of hydrogen-bond acceptors (Lipinski definition) is 4. The molecular formula is C14H31Cl2N3O2S. The highest BCUT2D eigenvalue weighted by molar-refractivity contribution is 7.89. The predicted octanol–water partition coefficient (Wildman–Crippen LogP) is 1.48. The summed E-state index contributed by atoms with van der Waals surface area (Å²) in [6, 6.07) is 0. The highest BCUT2D eigenvalue weighted by atomic mass is 35.5. The third kappa shape index (κ3) is 7.32. The summed E-state index contributed by atoms with van der Waals surface area (Å²) in [7, 11) is -1.55. The van der Waals surface area contributed by atoms with Crippen molar-refractivity contribution in [3.63, 3.8) is 0 Å². The van der Waals surface area contributed by atoms with Gasteiger partial charge in [-0.1, -0.05) is 0 Å². The molecule has 1 atom stereocenters. The summed E-state index contributed by atoms with van der Waals surface area (Å²) >= 11 is 0. The van der Waals surface area contributed by atoms with Crippen LogP contribution in [-0.4, -0.2) is 58.8 Å². The molecule has 2 rings (SSSR count). The quantitative estimate of drug-likeness (QED) is 0.737. The van der Waals surface area contributed by atoms with Crippen LogP contribution in [-0.2, 0) is 10.0 Å². The van der Waals surface area contributed by atoms with Crippen LogP contribution in [0.25, 0.3) is 0 Å². The summed E-state index contributed by atoms with van der Waals surface area (Å²) in [4.78, 5) is 2.47. The molecule has 0 radical (unpaired) electrons. The van der Waals surface area contributed by atoms with Gasteiger partial charge in [-0.15, -0.1) is 24.8 Å². The van der Waals surface area contributed by atoms with Gasteiger partial charge in [0.15, 0.2) is 0 Å². The van der Waals surface area contributed by atoms with E-state index in [1.54, 1.807) is 0 Å². The monoisotopic (exact) mass is 375 g/mol. The van der Waals surface area contributed by atoms with Gasteiger partial charge < -0.3 is 10.2 Å². The molecule has 2 fully saturated rings. The van der Waals surface area contributed by atoms with Crippen LogP contribution in [0.4, 0.5) is 0 Å². The number of sulfonamides is 1. The van der Waals surface area contributed by atoms with Gasteiger partial charge in [-0.05, 0) is 77.2 Å². The minimum Gasteiger partial charge on any atom is -0.317 e. The zero-order valence-electron chi connectivity index (χ0n) is 13.4. The number of halogens is 2. The normalized spacial score (nSPS) is 24.3. The molecule has 134 valence electrons. The summed E-state index contributed by atoms with van der Waals surface area (Å²) in [6.07, 6.45) is 5.99. The lowest BCUT2D eigenvalue weighted by atomic mass is 9.80. The Labute approximate surface area is 147 Å². The van der Waals surface area contributed by atoms with E-state index >= 15 is 0 Å². The number of hydrogen-bond donors (Lipinski definition) is 2. The van der Waals surface area contributed by atoms with Crippen molar-refractivity contribution in [2.75, 3.05) is 45.5 Å². The van der Waals surface area contributed by atoms with Gasteiger partial charge in [-0.3, -0.25) is 0 Å². The predicted molar refractivity (Wildman–Crippen MR) is 96.7 cm³/mol. The zero-order valence-corrected chi connectivity index (χ0v) is 15.9. The van der Waals surface area contributed by atoms with E-state index in [0.717, 1.165) is 31.3 Å². The molecule has 0 spiro atoms. The molecule has 22 heavy (non-hydrogen) atoms. The Morgan fingerprint density at radius 2 is 1.82 bits per heavy atom. The molecule has 2 saturated heterocycles. The maximum atomic E-state index is 11.4. The maximum absolute atomic E-state index is 11.4. The molecule has 0 bridgehead atoms. The highest BCUT2D eigenvalue weighted by Crippen LogP contribution is 2.29. The van der Waals surface area contributed by atoms with E-state index in [4.69, 9.17) is 0 Å². The number of piperidine rings is 2. The third-order valence-corrected chi connectivity index (χ3v) is 6.24. The van der Waals surface area contributed by atoms with Gasteiger partial charge in [0.2, 0.25) is 10.0 Å². The van der Waals surface area contributed by atoms with Crippen LogP contribution in [0.5, 0.6) is 0 Å². The minimum absolute atomic E-state index is 0. The Balaban J connectivity index is 0.00000220. The first-order chi connectivity index (χ1) is 9.61. The molecule has 5 nitrogen and oxygen atoms in total. The van der Waals surface area contributed by atoms with E-state index in [-0.39, 0.29) is 30.6 Å². The molecule has 0 saturated carbocycles. The summed E-state index contributed by atoms with van der Waals surface area (Å²) in [5.74, 6) is 1.95. The van der Waals surface area contributed by atoms with Crippen LogP contribution in [0.3, 0.4) is 0 Å². The van der Waals surface area contributed by atoms with Gasteiger partial charge in [0.1, 0.15) is 0 Å². The molecule has 0 amide bonds. The van der Waals surface area contributed by atoms with Crippen molar-refractivity contribution < 1.29 is 8.42 Å². The van der Waals surface area contributed by atoms with E-state index in [1.165, 1.54) is 52.4 Å². The van der Waals surface area contributed by atoms with Gasteiger partial charge >= 0.3 is 0 Å². The first-order valence-electron chi connectivity index (χ1n) is 7.95. The SMILES string of the molecule is CNS(=O)(=O)CCCN1CCC[C@H](C2CCNCC2)C1.Cl.Cl. The Morgan fingerprint density at radius 1 is 1.14 bits per heavy atom. The molecule has 2 aliphatic rings. The van der Waals surface area contributed by atoms with Gasteiger partial charge in [0.25, 0.3) is 0 Å². The average Bonchev–Trinajstić information content (AvgIpc) is 2.48. The van der Waals surface area contributed by atoms with Crippen molar-refractivity contribution >= 4 is 34.8 Å². The summed E-state index contributed by atoms with van der Waals surface area (Å²) < 4.78 is 25.2. The van der Waals surface area contributed by atoms with Crippen molar-refractivity contribution in [3.8, 4) is 0 Å². The zero-order chi connectivity index (χ0) is 14.4. The smallest absolute Gasteiger partial charge is 0.211 e. The second-order valence-electron chi connectivity index (χ2n) is 6.17. The molecule has 2 heterocycles. The lowest BCUT2D eigenvalue weighted by Gasteiger charge is -2.38. The fourth-order valence-corrected chi connectivity index (χ4v) is 4.29. The summed E-state index contributed by atoms with van der Waals surface area (Å²) in [5, 5.41) is 3.44. The molecule has 0 unspecified atom stereocenters. The minimum atomic E-state index is -3.04. The lowest BCUT2D eigenvalue weighted by Crippen LogP contribution is -2.42. The van der Waals surface area contributed by atoms with Crippen molar-refractivity contribution in [2.24, 2.45) is 11.8 Å². The number of rotatable bonds is 6. The van der Waals surface area contributed by atoms with Gasteiger partial charge in [-0.2, -0.15) is 0 Å². The molecule has 0 aliphatic carbocycles. The van der Waals surface area contributed by atoms with Crippen LogP contribution in [0.2, 0.25) is 0 Å². The Hall–Kier alpha value is 0.410. The average molecular weight is 376 g/mol. The largest absolute Gasteiger partial charge is 0.317 e. The van der Waals surface area contributed by atoms with Gasteiger partial charge in [0.05, 0.1) is 5.75 Å². The molecule has 2 aliphatic heterocycles. The van der Waals surface area contributed by atoms with Crippen molar-refractivity contribution in [1.82, 2.24) is 14.9 Å². The Bertz CT molecular complexity index is 390. The second kappa shape index (κ2) is 11.0. The van der Waals surface area contributed by atoms with Gasteiger partial charge in [-0.25, -0.2) is 13.1 Å². The molecule has 0 aromatic heterocycles. The first kappa shape index (κ1) is 22.4. The Morgan fingerprint density at radius 3 is 2.45 bits per heavy atom. The highest BCUT2D eigenvalue weighted by Gasteiger charge is 2.28. The van der Waals surface area contributed by atoms with Gasteiger partial charge in [0, 0.05) is 6.54 Å². The van der Waals surface area contributed by atoms with E-state index in [9.17, 15) is 8.42 Å². The number of nitrogens with zero attached hydrogens (tertiary/aromatic N) is 1. The van der Waals surface area contributed by atoms with Crippen LogP contribution in [0.1, 0.15) is 32.1 Å². The molecule has 8 heteroatoms. The fourth-order valence-electron chi connectivity index (χ4n) is 3.58. The van der Waals surface area contributed by atoms with E-state index in [0.29, 0.717) is 0 Å². The molecule has 0 aromatic rings. The molecule has 0 aromatic carbocycles. The number of likely N-dealkylation sites (tertiary alicyclic amines) is 1. The fraction of sp³-hybridized carbons (Fsp3) is 1.00. The standard InChI is InChI=1S/C14H29N3O2S.2ClH/c1-15-20(18,19)11-3-10-17-9-2-4-14(12-17)13-5-7-16-8-6-13;;/h13-16H,2-12H2,1H3;2*1H/t14-;;/m0../s1.